The monoisotopic (exact) mass is 362 g/mol. The summed E-state index contributed by atoms with van der Waals surface area (Å²) in [7, 11) is 4.09. The molecule has 4 heteroatoms. The molecular weight excluding hydrogens is 339 g/mol. The summed E-state index contributed by atoms with van der Waals surface area (Å²) >= 11 is 6.01. The molecule has 2 rings (SSSR count). The zero-order valence-electron chi connectivity index (χ0n) is 14.2. The lowest BCUT2D eigenvalue weighted by atomic mass is 9.74. The van der Waals surface area contributed by atoms with Crippen molar-refractivity contribution in [3.63, 3.8) is 0 Å². The van der Waals surface area contributed by atoms with Gasteiger partial charge in [-0.25, -0.2) is 0 Å². The van der Waals surface area contributed by atoms with Gasteiger partial charge >= 0.3 is 0 Å². The van der Waals surface area contributed by atoms with Crippen LogP contribution in [-0.4, -0.2) is 25.5 Å². The Hall–Kier alpha value is -1.53. The van der Waals surface area contributed by atoms with Gasteiger partial charge in [0.25, 0.3) is 0 Å². The highest BCUT2D eigenvalue weighted by Gasteiger charge is 2.32. The van der Waals surface area contributed by atoms with Gasteiger partial charge in [-0.1, -0.05) is 54.1 Å². The first-order valence-electron chi connectivity index (χ1n) is 7.92. The summed E-state index contributed by atoms with van der Waals surface area (Å²) in [6, 6.07) is 20.7. The van der Waals surface area contributed by atoms with E-state index in [-0.39, 0.29) is 12.4 Å². The highest BCUT2D eigenvalue weighted by Crippen LogP contribution is 2.33. The topological polar surface area (TPSA) is 27.0 Å². The average Bonchev–Trinajstić information content (AvgIpc) is 2.57. The summed E-state index contributed by atoms with van der Waals surface area (Å²) in [5, 5.41) is 10.7. The molecule has 0 fully saturated rings. The van der Waals surface area contributed by atoms with E-state index in [1.807, 2.05) is 56.6 Å². The first-order valence-corrected chi connectivity index (χ1v) is 8.29. The number of nitriles is 1. The van der Waals surface area contributed by atoms with Crippen LogP contribution >= 0.6 is 24.0 Å². The Balaban J connectivity index is 0.00000288. The highest BCUT2D eigenvalue weighted by atomic mass is 35.5. The molecule has 1 unspecified atom stereocenters. The van der Waals surface area contributed by atoms with E-state index in [0.717, 1.165) is 31.4 Å². The van der Waals surface area contributed by atoms with Gasteiger partial charge in [-0.05, 0) is 63.2 Å². The van der Waals surface area contributed by atoms with Gasteiger partial charge in [0.15, 0.2) is 0 Å². The summed E-state index contributed by atoms with van der Waals surface area (Å²) in [4.78, 5) is 2.13. The van der Waals surface area contributed by atoms with Gasteiger partial charge in [-0.2, -0.15) is 5.26 Å². The summed E-state index contributed by atoms with van der Waals surface area (Å²) in [5.41, 5.74) is 1.85. The van der Waals surface area contributed by atoms with Crippen LogP contribution in [0, 0.1) is 11.3 Å². The molecule has 24 heavy (non-hydrogen) atoms. The molecule has 0 N–H and O–H groups in total. The van der Waals surface area contributed by atoms with Gasteiger partial charge in [0, 0.05) is 5.02 Å². The van der Waals surface area contributed by atoms with Crippen LogP contribution in [0.15, 0.2) is 54.6 Å². The van der Waals surface area contributed by atoms with Crippen molar-refractivity contribution in [1.82, 2.24) is 4.90 Å². The maximum Gasteiger partial charge on any atom is 0.0837 e. The molecule has 2 aromatic carbocycles. The van der Waals surface area contributed by atoms with E-state index in [1.54, 1.807) is 0 Å². The lowest BCUT2D eigenvalue weighted by molar-refractivity contribution is 0.342. The quantitative estimate of drug-likeness (QED) is 0.684. The number of benzene rings is 2. The molecule has 0 aliphatic carbocycles. The molecule has 0 amide bonds. The number of aryl methyl sites for hydroxylation is 1. The van der Waals surface area contributed by atoms with Crippen molar-refractivity contribution in [3.8, 4) is 6.07 Å². The average molecular weight is 363 g/mol. The van der Waals surface area contributed by atoms with Crippen molar-refractivity contribution in [3.05, 3.63) is 70.7 Å². The molecule has 128 valence electrons. The minimum atomic E-state index is -0.481. The van der Waals surface area contributed by atoms with Crippen LogP contribution in [0.25, 0.3) is 0 Å². The van der Waals surface area contributed by atoms with Crippen LogP contribution in [-0.2, 0) is 11.8 Å². The molecule has 0 aliphatic rings. The molecule has 0 saturated heterocycles. The number of rotatable bonds is 7. The van der Waals surface area contributed by atoms with Gasteiger partial charge < -0.3 is 4.90 Å². The first kappa shape index (κ1) is 20.5. The molecule has 0 bridgehead atoms. The number of hydrogen-bond acceptors (Lipinski definition) is 2. The molecular formula is C20H24Cl2N2. The lowest BCUT2D eigenvalue weighted by Crippen LogP contribution is -2.30. The van der Waals surface area contributed by atoms with E-state index in [2.05, 4.69) is 23.1 Å². The normalized spacial score (nSPS) is 13.0. The molecule has 0 aliphatic heterocycles. The minimum Gasteiger partial charge on any atom is -0.309 e. The van der Waals surface area contributed by atoms with Crippen LogP contribution < -0.4 is 0 Å². The van der Waals surface area contributed by atoms with Crippen molar-refractivity contribution < 1.29 is 0 Å². The van der Waals surface area contributed by atoms with Crippen LogP contribution in [0.5, 0.6) is 0 Å². The third-order valence-electron chi connectivity index (χ3n) is 4.28. The third kappa shape index (κ3) is 5.53. The minimum absolute atomic E-state index is 0. The molecule has 0 heterocycles. The van der Waals surface area contributed by atoms with E-state index in [4.69, 9.17) is 11.6 Å². The van der Waals surface area contributed by atoms with Gasteiger partial charge in [0.2, 0.25) is 0 Å². The van der Waals surface area contributed by atoms with E-state index >= 15 is 0 Å². The Labute approximate surface area is 156 Å². The summed E-state index contributed by atoms with van der Waals surface area (Å²) in [5.74, 6) is 0. The second kappa shape index (κ2) is 9.69. The standard InChI is InChI=1S/C20H23ClN2.ClH/c1-23(2)15-14-20(16-22,18-8-10-19(21)11-9-18)13-12-17-6-4-3-5-7-17;/h3-11H,12-15H2,1-2H3;1H. The summed E-state index contributed by atoms with van der Waals surface area (Å²) < 4.78 is 0. The smallest absolute Gasteiger partial charge is 0.0837 e. The van der Waals surface area contributed by atoms with Crippen molar-refractivity contribution >= 4 is 24.0 Å². The third-order valence-corrected chi connectivity index (χ3v) is 4.53. The molecule has 0 aromatic heterocycles. The van der Waals surface area contributed by atoms with Gasteiger partial charge in [0.1, 0.15) is 0 Å². The predicted octanol–water partition coefficient (Wildman–Crippen LogP) is 5.11. The molecule has 2 aromatic rings. The van der Waals surface area contributed by atoms with Crippen LogP contribution in [0.2, 0.25) is 5.02 Å². The Morgan fingerprint density at radius 2 is 1.62 bits per heavy atom. The molecule has 0 spiro atoms. The van der Waals surface area contributed by atoms with Crippen molar-refractivity contribution in [2.24, 2.45) is 0 Å². The van der Waals surface area contributed by atoms with Crippen molar-refractivity contribution in [2.75, 3.05) is 20.6 Å². The van der Waals surface area contributed by atoms with E-state index in [9.17, 15) is 5.26 Å². The second-order valence-corrected chi connectivity index (χ2v) is 6.68. The van der Waals surface area contributed by atoms with Gasteiger partial charge in [-0.15, -0.1) is 12.4 Å². The van der Waals surface area contributed by atoms with Gasteiger partial charge in [-0.3, -0.25) is 0 Å². The van der Waals surface area contributed by atoms with Gasteiger partial charge in [0.05, 0.1) is 11.5 Å². The number of hydrogen-bond donors (Lipinski definition) is 0. The summed E-state index contributed by atoms with van der Waals surface area (Å²) in [6.07, 6.45) is 2.51. The number of nitrogens with zero attached hydrogens (tertiary/aromatic N) is 2. The lowest BCUT2D eigenvalue weighted by Gasteiger charge is -2.29. The maximum absolute atomic E-state index is 9.99. The summed E-state index contributed by atoms with van der Waals surface area (Å²) in [6.45, 7) is 0.880. The largest absolute Gasteiger partial charge is 0.309 e. The SMILES string of the molecule is CN(C)CCC(C#N)(CCc1ccccc1)c1ccc(Cl)cc1.Cl. The van der Waals surface area contributed by atoms with E-state index < -0.39 is 5.41 Å². The zero-order valence-corrected chi connectivity index (χ0v) is 15.8. The molecule has 2 nitrogen and oxygen atoms in total. The molecule has 1 atom stereocenters. The van der Waals surface area contributed by atoms with Crippen LogP contribution in [0.1, 0.15) is 24.0 Å². The fourth-order valence-corrected chi connectivity index (χ4v) is 2.90. The van der Waals surface area contributed by atoms with Crippen molar-refractivity contribution in [2.45, 2.75) is 24.7 Å². The first-order chi connectivity index (χ1) is 11.1. The zero-order chi connectivity index (χ0) is 16.7. The predicted molar refractivity (Wildman–Crippen MR) is 104 cm³/mol. The number of halogens is 2. The van der Waals surface area contributed by atoms with Crippen LogP contribution in [0.4, 0.5) is 0 Å². The second-order valence-electron chi connectivity index (χ2n) is 6.24. The Morgan fingerprint density at radius 3 is 2.17 bits per heavy atom. The van der Waals surface area contributed by atoms with Crippen molar-refractivity contribution in [1.29, 1.82) is 5.26 Å². The molecule has 0 radical (unpaired) electrons. The van der Waals surface area contributed by atoms with Crippen LogP contribution in [0.3, 0.4) is 0 Å². The van der Waals surface area contributed by atoms with E-state index in [1.165, 1.54) is 5.56 Å². The Morgan fingerprint density at radius 1 is 1.00 bits per heavy atom. The molecule has 0 saturated carbocycles. The fraction of sp³-hybridized carbons (Fsp3) is 0.350. The van der Waals surface area contributed by atoms with E-state index in [0.29, 0.717) is 5.02 Å². The Bertz CT molecular complexity index is 648. The fourth-order valence-electron chi connectivity index (χ4n) is 2.78. The Kier molecular flexibility index (Phi) is 8.28. The maximum atomic E-state index is 9.99. The highest BCUT2D eigenvalue weighted by molar-refractivity contribution is 6.30.